The van der Waals surface area contributed by atoms with E-state index in [1.54, 1.807) is 75.3 Å². The molecule has 126 heavy (non-hydrogen) atoms. The lowest BCUT2D eigenvalue weighted by Crippen LogP contribution is -2.54. The summed E-state index contributed by atoms with van der Waals surface area (Å²) in [5.41, 5.74) is 2.18. The summed E-state index contributed by atoms with van der Waals surface area (Å²) in [6.45, 7) is 29.5. The second-order valence-corrected chi connectivity index (χ2v) is 35.6. The van der Waals surface area contributed by atoms with Crippen LogP contribution in [0.4, 0.5) is 40.2 Å². The molecule has 5 amide bonds. The summed E-state index contributed by atoms with van der Waals surface area (Å²) in [6, 6.07) is 30.9. The van der Waals surface area contributed by atoms with Crippen LogP contribution >= 0.6 is 11.6 Å². The van der Waals surface area contributed by atoms with E-state index in [2.05, 4.69) is 108 Å². The lowest BCUT2D eigenvalue weighted by Gasteiger charge is -2.42. The minimum Gasteiger partial charge on any atom is -0.443 e. The maximum Gasteiger partial charge on any atom is 0.417 e. The number of aromatic amines is 1. The van der Waals surface area contributed by atoms with Gasteiger partial charge >= 0.3 is 12.2 Å². The Hall–Kier alpha value is -12.2. The molecule has 0 aliphatic carbocycles. The Morgan fingerprint density at radius 3 is 1.26 bits per heavy atom. The van der Waals surface area contributed by atoms with Crippen molar-refractivity contribution in [3.63, 3.8) is 0 Å². The van der Waals surface area contributed by atoms with Crippen molar-refractivity contribution >= 4 is 59.0 Å². The van der Waals surface area contributed by atoms with Gasteiger partial charge in [-0.2, -0.15) is 31.1 Å². The SMILES string of the molecule is CC(C)(C)OC(=O)N1Cc2nc(-c3c(F)cccc3C#N)cc(Cl)c2C1=O.CN1CCN([C@@H]2CCCN(c3ccn(-c4cc(-c5c(F)cccc5C#N)nc5c4C(=O)N(C(=O)OC(C)(C)C)C5)n3)C2)CC1.CN1CCN([C@@H]2CCCN(c3ccn(-c4cc(-c5c(F)cccc5C#N)nc5c4C(=O)NC5)n3)C2)CC1.CN1CCN([C@@H]2CCCN(c3ccn[nH]3)C2)CC1. The maximum absolute atomic E-state index is 15.2. The molecule has 9 aliphatic rings. The van der Waals surface area contributed by atoms with Crippen LogP contribution in [0.2, 0.25) is 5.02 Å². The first-order chi connectivity index (χ1) is 60.5. The molecule has 0 unspecified atom stereocenters. The molecule has 0 radical (unpaired) electrons. The average Bonchev–Trinajstić information content (AvgIpc) is 1.60. The Labute approximate surface area is 735 Å². The molecule has 9 aromatic rings. The standard InChI is InChI=1S/C32H37FN8O3.C27H29FN8O.C19H15ClFN3O3.C13H23N5/c1-32(2,3)44-31(43)40-20-25-29(30(40)42)26(17-24(35-25)28-21(18-34)7-5-9-23(28)33)41-12-10-27(36-41)39-11-6-8-22(19-39)38-15-13-37(4)14-16-38;1-33-10-12-34(13-11-33)19-5-3-8-35(17-19)24-7-9-36(32-24)23-14-21(31-22-16-30-27(37)26(22)23)25-18(15-29)4-2-6-20(25)28;1-19(2,3)27-18(26)24-9-14-16(17(24)25)11(20)7-13(23-14)15-10(8-22)5-4-6-12(15)21;1-16-7-9-17(10-8-16)12-3-2-6-18(11-12)13-4-5-14-15-13/h5,7,9-10,12,17,22H,6,8,11,13-16,19-20H2,1-4H3;2,4,6-7,9,14,19H,3,5,8,10-13,16-17H2,1H3,(H,30,37);4-7H,9H2,1-3H3;4-5,12H,2-3,6-11H2,1H3,(H,14,15)/t22-;19-;;12-/m11.1/s1. The molecule has 6 fully saturated rings. The number of nitrogens with one attached hydrogen (secondary N) is 2. The van der Waals surface area contributed by atoms with Crippen LogP contribution in [0.3, 0.4) is 0 Å². The van der Waals surface area contributed by atoms with Gasteiger partial charge in [0.25, 0.3) is 17.7 Å². The van der Waals surface area contributed by atoms with E-state index in [9.17, 15) is 48.5 Å². The minimum absolute atomic E-state index is 0.00660. The van der Waals surface area contributed by atoms with Crippen LogP contribution < -0.4 is 20.0 Å². The summed E-state index contributed by atoms with van der Waals surface area (Å²) in [5.74, 6) is -0.399. The van der Waals surface area contributed by atoms with Crippen molar-refractivity contribution in [2.24, 2.45) is 0 Å². The molecule has 6 saturated heterocycles. The normalized spacial score (nSPS) is 19.7. The zero-order chi connectivity index (χ0) is 89.0. The van der Waals surface area contributed by atoms with Gasteiger partial charge < -0.3 is 44.2 Å². The summed E-state index contributed by atoms with van der Waals surface area (Å²) in [7, 11) is 6.55. The van der Waals surface area contributed by atoms with Crippen molar-refractivity contribution in [1.29, 1.82) is 15.8 Å². The van der Waals surface area contributed by atoms with Crippen molar-refractivity contribution in [3.8, 4) is 63.4 Å². The number of amides is 5. The number of nitriles is 3. The van der Waals surface area contributed by atoms with Crippen LogP contribution in [0.5, 0.6) is 0 Å². The number of nitrogens with zero attached hydrogens (tertiary/aromatic N) is 22. The number of fused-ring (bicyclic) bond motifs is 3. The largest absolute Gasteiger partial charge is 0.443 e. The van der Waals surface area contributed by atoms with Gasteiger partial charge in [0.15, 0.2) is 11.6 Å². The number of hydrogen-bond donors (Lipinski definition) is 2. The van der Waals surface area contributed by atoms with E-state index < -0.39 is 52.7 Å². The number of likely N-dealkylation sites (N-methyl/N-ethyl adjacent to an activating group) is 3. The zero-order valence-corrected chi connectivity index (χ0v) is 73.2. The molecule has 6 aromatic heterocycles. The third-order valence-electron chi connectivity index (χ3n) is 24.2. The zero-order valence-electron chi connectivity index (χ0n) is 72.4. The number of pyridine rings is 3. The predicted molar refractivity (Wildman–Crippen MR) is 467 cm³/mol. The second-order valence-electron chi connectivity index (χ2n) is 35.2. The number of hydrogen-bond acceptors (Lipinski definition) is 25. The van der Waals surface area contributed by atoms with Gasteiger partial charge in [-0.1, -0.05) is 29.8 Å². The van der Waals surface area contributed by atoms with Crippen LogP contribution in [0.1, 0.15) is 145 Å². The van der Waals surface area contributed by atoms with Gasteiger partial charge in [-0.05, 0) is 156 Å². The summed E-state index contributed by atoms with van der Waals surface area (Å²) >= 11 is 6.23. The molecule has 9 aliphatic heterocycles. The number of ether oxygens (including phenoxy) is 2. The number of anilines is 3. The Morgan fingerprint density at radius 2 is 0.857 bits per heavy atom. The lowest BCUT2D eigenvalue weighted by molar-refractivity contribution is 0.0230. The Bertz CT molecular complexity index is 5690. The first-order valence-electron chi connectivity index (χ1n) is 42.8. The van der Waals surface area contributed by atoms with Gasteiger partial charge in [0.2, 0.25) is 0 Å². The molecule has 3 atom stereocenters. The van der Waals surface area contributed by atoms with Crippen molar-refractivity contribution in [3.05, 3.63) is 183 Å². The smallest absolute Gasteiger partial charge is 0.417 e. The van der Waals surface area contributed by atoms with Gasteiger partial charge in [0.05, 0.1) is 145 Å². The Kier molecular flexibility index (Phi) is 26.7. The number of halogens is 4. The number of rotatable bonds is 11. The molecule has 2 N–H and O–H groups in total. The highest BCUT2D eigenvalue weighted by atomic mass is 35.5. The number of H-pyrrole nitrogens is 1. The van der Waals surface area contributed by atoms with Gasteiger partial charge in [-0.25, -0.2) is 56.9 Å². The fourth-order valence-electron chi connectivity index (χ4n) is 17.7. The predicted octanol–water partition coefficient (Wildman–Crippen LogP) is 11.4. The molecule has 658 valence electrons. The molecule has 15 heterocycles. The summed E-state index contributed by atoms with van der Waals surface area (Å²) < 4.78 is 58.3. The van der Waals surface area contributed by atoms with E-state index in [0.717, 1.165) is 138 Å². The average molecular weight is 1740 g/mol. The van der Waals surface area contributed by atoms with E-state index in [-0.39, 0.29) is 97.8 Å². The third-order valence-corrected chi connectivity index (χ3v) is 24.5. The molecule has 0 bridgehead atoms. The lowest BCUT2D eigenvalue weighted by atomic mass is 10.0. The molecule has 3 aromatic carbocycles. The van der Waals surface area contributed by atoms with E-state index in [1.807, 2.05) is 36.7 Å². The van der Waals surface area contributed by atoms with Crippen LogP contribution in [0.15, 0.2) is 110 Å². The number of piperazine rings is 3. The van der Waals surface area contributed by atoms with E-state index in [1.165, 1.54) is 106 Å². The molecule has 31 nitrogen and oxygen atoms in total. The molecule has 0 saturated carbocycles. The topological polar surface area (TPSA) is 326 Å². The number of benzene rings is 3. The number of piperidine rings is 3. The van der Waals surface area contributed by atoms with Crippen molar-refractivity contribution < 1.29 is 46.6 Å². The number of imide groups is 2. The second kappa shape index (κ2) is 37.9. The first-order valence-corrected chi connectivity index (χ1v) is 43.2. The number of carbonyl (C=O) groups excluding carboxylic acids is 5. The fraction of sp³-hybridized carbons (Fsp3) is 0.451. The van der Waals surface area contributed by atoms with Crippen LogP contribution in [-0.2, 0) is 29.1 Å². The summed E-state index contributed by atoms with van der Waals surface area (Å²) in [5, 5.41) is 48.2. The summed E-state index contributed by atoms with van der Waals surface area (Å²) in [4.78, 5) is 102. The van der Waals surface area contributed by atoms with Gasteiger partial charge in [0, 0.05) is 167 Å². The van der Waals surface area contributed by atoms with Crippen molar-refractivity contribution in [1.82, 2.24) is 89.2 Å². The number of aromatic nitrogens is 9. The molecule has 0 spiro atoms. The molecular weight excluding hydrogens is 1630 g/mol. The van der Waals surface area contributed by atoms with Crippen LogP contribution in [-0.4, -0.2) is 282 Å². The third kappa shape index (κ3) is 19.7. The van der Waals surface area contributed by atoms with Gasteiger partial charge in [-0.15, -0.1) is 0 Å². The van der Waals surface area contributed by atoms with E-state index in [4.69, 9.17) is 31.3 Å². The first kappa shape index (κ1) is 88.7. The fourth-order valence-corrected chi connectivity index (χ4v) is 18.0. The number of carbonyl (C=O) groups is 5. The maximum atomic E-state index is 15.2. The molecular formula is C91H104ClF3N24O7. The van der Waals surface area contributed by atoms with Gasteiger partial charge in [0.1, 0.15) is 34.5 Å². The van der Waals surface area contributed by atoms with Gasteiger partial charge in [-0.3, -0.25) is 34.2 Å². The molecule has 35 heteroatoms. The minimum atomic E-state index is -0.813. The highest BCUT2D eigenvalue weighted by Gasteiger charge is 2.43. The highest BCUT2D eigenvalue weighted by molar-refractivity contribution is 6.35. The molecule has 18 rings (SSSR count). The van der Waals surface area contributed by atoms with Crippen molar-refractivity contribution in [2.75, 3.05) is 154 Å². The Balaban J connectivity index is 0.000000135. The van der Waals surface area contributed by atoms with E-state index >= 15 is 4.39 Å². The van der Waals surface area contributed by atoms with E-state index in [0.29, 0.717) is 40.4 Å². The highest BCUT2D eigenvalue weighted by Crippen LogP contribution is 2.40. The quantitative estimate of drug-likeness (QED) is 0.121. The monoisotopic (exact) mass is 1740 g/mol. The van der Waals surface area contributed by atoms with Crippen LogP contribution in [0, 0.1) is 51.4 Å². The van der Waals surface area contributed by atoms with Crippen molar-refractivity contribution in [2.45, 2.75) is 129 Å². The van der Waals surface area contributed by atoms with Crippen LogP contribution in [0.25, 0.3) is 45.1 Å². The summed E-state index contributed by atoms with van der Waals surface area (Å²) in [6.07, 6.45) is 11.0. The Morgan fingerprint density at radius 1 is 0.476 bits per heavy atom.